The first-order valence-electron chi connectivity index (χ1n) is 6.57. The maximum atomic E-state index is 12.4. The molecule has 1 fully saturated rings. The van der Waals surface area contributed by atoms with Gasteiger partial charge in [-0.1, -0.05) is 0 Å². The second-order valence-electron chi connectivity index (χ2n) is 5.01. The Kier molecular flexibility index (Phi) is 3.29. The molecule has 5 nitrogen and oxygen atoms in total. The zero-order valence-corrected chi connectivity index (χ0v) is 10.7. The molecule has 0 unspecified atom stereocenters. The zero-order chi connectivity index (χ0) is 13.2. The predicted octanol–water partition coefficient (Wildman–Crippen LogP) is 1.26. The van der Waals surface area contributed by atoms with Crippen molar-refractivity contribution < 1.29 is 19.4 Å². The first-order chi connectivity index (χ1) is 9.28. The number of amides is 1. The average Bonchev–Trinajstić information content (AvgIpc) is 2.94. The van der Waals surface area contributed by atoms with E-state index in [2.05, 4.69) is 0 Å². The van der Waals surface area contributed by atoms with Crippen LogP contribution in [0.25, 0.3) is 0 Å². The first-order valence-corrected chi connectivity index (χ1v) is 6.57. The molecule has 0 aromatic heterocycles. The summed E-state index contributed by atoms with van der Waals surface area (Å²) in [6.45, 7) is 1.74. The number of nitrogens with zero attached hydrogens (tertiary/aromatic N) is 1. The number of likely N-dealkylation sites (tertiary alicyclic amines) is 1. The quantitative estimate of drug-likeness (QED) is 0.872. The van der Waals surface area contributed by atoms with E-state index in [1.807, 2.05) is 4.90 Å². The Labute approximate surface area is 111 Å². The Morgan fingerprint density at radius 3 is 3.05 bits per heavy atom. The van der Waals surface area contributed by atoms with Crippen molar-refractivity contribution in [3.63, 3.8) is 0 Å². The molecule has 2 aliphatic heterocycles. The van der Waals surface area contributed by atoms with Crippen LogP contribution < -0.4 is 9.47 Å². The lowest BCUT2D eigenvalue weighted by Gasteiger charge is -2.31. The van der Waals surface area contributed by atoms with E-state index in [0.717, 1.165) is 19.4 Å². The maximum Gasteiger partial charge on any atom is 0.254 e. The molecule has 2 aliphatic rings. The van der Waals surface area contributed by atoms with Crippen molar-refractivity contribution in [3.05, 3.63) is 23.8 Å². The molecule has 1 aromatic carbocycles. The number of aliphatic hydroxyl groups excluding tert-OH is 1. The fraction of sp³-hybridized carbons (Fsp3) is 0.500. The van der Waals surface area contributed by atoms with Crippen LogP contribution in [0.5, 0.6) is 11.5 Å². The fourth-order valence-corrected chi connectivity index (χ4v) is 2.61. The van der Waals surface area contributed by atoms with Gasteiger partial charge in [-0.15, -0.1) is 0 Å². The molecule has 2 heterocycles. The number of hydrogen-bond acceptors (Lipinski definition) is 4. The van der Waals surface area contributed by atoms with E-state index in [1.165, 1.54) is 0 Å². The number of fused-ring (bicyclic) bond motifs is 1. The average molecular weight is 263 g/mol. The molecule has 102 valence electrons. The fourth-order valence-electron chi connectivity index (χ4n) is 2.61. The van der Waals surface area contributed by atoms with Crippen molar-refractivity contribution in [1.29, 1.82) is 0 Å². The molecular formula is C14H17NO4. The molecule has 3 rings (SSSR count). The van der Waals surface area contributed by atoms with Crippen LogP contribution >= 0.6 is 0 Å². The third-order valence-electron chi connectivity index (χ3n) is 3.68. The van der Waals surface area contributed by atoms with Crippen molar-refractivity contribution in [2.24, 2.45) is 5.92 Å². The molecule has 1 N–H and O–H groups in total. The van der Waals surface area contributed by atoms with Crippen molar-refractivity contribution in [2.75, 3.05) is 26.5 Å². The third-order valence-corrected chi connectivity index (χ3v) is 3.68. The van der Waals surface area contributed by atoms with E-state index in [0.29, 0.717) is 23.6 Å². The van der Waals surface area contributed by atoms with Gasteiger partial charge in [0.1, 0.15) is 0 Å². The van der Waals surface area contributed by atoms with Crippen LogP contribution in [-0.4, -0.2) is 42.4 Å². The topological polar surface area (TPSA) is 59.0 Å². The van der Waals surface area contributed by atoms with Gasteiger partial charge in [0.25, 0.3) is 5.91 Å². The Hall–Kier alpha value is -1.75. The summed E-state index contributed by atoms with van der Waals surface area (Å²) in [7, 11) is 0. The standard InChI is InChI=1S/C14H17NO4/c16-8-10-2-1-5-15(7-10)14(17)11-3-4-12-13(6-11)19-9-18-12/h3-4,6,10,16H,1-2,5,7-9H2/t10-/m0/s1. The number of ether oxygens (including phenoxy) is 2. The Morgan fingerprint density at radius 1 is 1.37 bits per heavy atom. The smallest absolute Gasteiger partial charge is 0.254 e. The van der Waals surface area contributed by atoms with E-state index < -0.39 is 0 Å². The van der Waals surface area contributed by atoms with E-state index in [-0.39, 0.29) is 25.2 Å². The van der Waals surface area contributed by atoms with Crippen LogP contribution in [0, 0.1) is 5.92 Å². The summed E-state index contributed by atoms with van der Waals surface area (Å²) in [5.74, 6) is 1.51. The van der Waals surface area contributed by atoms with Gasteiger partial charge in [-0.3, -0.25) is 4.79 Å². The minimum atomic E-state index is -0.00329. The van der Waals surface area contributed by atoms with Gasteiger partial charge in [-0.05, 0) is 37.0 Å². The largest absolute Gasteiger partial charge is 0.454 e. The van der Waals surface area contributed by atoms with Crippen LogP contribution in [0.4, 0.5) is 0 Å². The van der Waals surface area contributed by atoms with Gasteiger partial charge in [-0.25, -0.2) is 0 Å². The molecule has 0 bridgehead atoms. The summed E-state index contributed by atoms with van der Waals surface area (Å²) in [6.07, 6.45) is 1.93. The lowest BCUT2D eigenvalue weighted by Crippen LogP contribution is -2.40. The van der Waals surface area contributed by atoms with E-state index in [9.17, 15) is 9.90 Å². The van der Waals surface area contributed by atoms with Crippen molar-refractivity contribution in [1.82, 2.24) is 4.90 Å². The third kappa shape index (κ3) is 2.38. The second-order valence-corrected chi connectivity index (χ2v) is 5.01. The molecule has 0 aliphatic carbocycles. The zero-order valence-electron chi connectivity index (χ0n) is 10.7. The van der Waals surface area contributed by atoms with E-state index >= 15 is 0 Å². The van der Waals surface area contributed by atoms with Gasteiger partial charge in [0.2, 0.25) is 6.79 Å². The second kappa shape index (κ2) is 5.09. The van der Waals surface area contributed by atoms with E-state index in [1.54, 1.807) is 18.2 Å². The van der Waals surface area contributed by atoms with Crippen LogP contribution in [0.15, 0.2) is 18.2 Å². The summed E-state index contributed by atoms with van der Waals surface area (Å²) >= 11 is 0. The Balaban J connectivity index is 1.76. The van der Waals surface area contributed by atoms with Gasteiger partial charge in [0.15, 0.2) is 11.5 Å². The molecule has 1 amide bonds. The summed E-state index contributed by atoms with van der Waals surface area (Å²) in [5, 5.41) is 9.21. The lowest BCUT2D eigenvalue weighted by atomic mass is 9.98. The van der Waals surface area contributed by atoms with Crippen molar-refractivity contribution in [3.8, 4) is 11.5 Å². The highest BCUT2D eigenvalue weighted by molar-refractivity contribution is 5.95. The molecule has 0 saturated carbocycles. The van der Waals surface area contributed by atoms with Gasteiger partial charge in [0, 0.05) is 25.3 Å². The van der Waals surface area contributed by atoms with Gasteiger partial charge >= 0.3 is 0 Å². The van der Waals surface area contributed by atoms with Crippen LogP contribution in [0.1, 0.15) is 23.2 Å². The van der Waals surface area contributed by atoms with Gasteiger partial charge < -0.3 is 19.5 Å². The summed E-state index contributed by atoms with van der Waals surface area (Å²) < 4.78 is 10.5. The molecule has 1 aromatic rings. The molecule has 1 atom stereocenters. The van der Waals surface area contributed by atoms with Gasteiger partial charge in [0.05, 0.1) is 0 Å². The Morgan fingerprint density at radius 2 is 2.21 bits per heavy atom. The van der Waals surface area contributed by atoms with Crippen LogP contribution in [0.2, 0.25) is 0 Å². The number of carbonyl (C=O) groups is 1. The van der Waals surface area contributed by atoms with Gasteiger partial charge in [-0.2, -0.15) is 0 Å². The SMILES string of the molecule is O=C(c1ccc2c(c1)OCO2)N1CCC[C@H](CO)C1. The highest BCUT2D eigenvalue weighted by Gasteiger charge is 2.25. The predicted molar refractivity (Wildman–Crippen MR) is 68.3 cm³/mol. The monoisotopic (exact) mass is 263 g/mol. The highest BCUT2D eigenvalue weighted by Crippen LogP contribution is 2.33. The summed E-state index contributed by atoms with van der Waals surface area (Å²) in [5.41, 5.74) is 0.614. The van der Waals surface area contributed by atoms with Crippen LogP contribution in [-0.2, 0) is 0 Å². The molecule has 0 radical (unpaired) electrons. The molecule has 19 heavy (non-hydrogen) atoms. The summed E-state index contributed by atoms with van der Waals surface area (Å²) in [4.78, 5) is 14.2. The van der Waals surface area contributed by atoms with Crippen molar-refractivity contribution in [2.45, 2.75) is 12.8 Å². The summed E-state index contributed by atoms with van der Waals surface area (Å²) in [6, 6.07) is 5.26. The number of rotatable bonds is 2. The minimum absolute atomic E-state index is 0.00329. The number of piperidine rings is 1. The Bertz CT molecular complexity index is 488. The van der Waals surface area contributed by atoms with Crippen LogP contribution in [0.3, 0.4) is 0 Å². The minimum Gasteiger partial charge on any atom is -0.454 e. The number of carbonyl (C=O) groups excluding carboxylic acids is 1. The maximum absolute atomic E-state index is 12.4. The van der Waals surface area contributed by atoms with Crippen molar-refractivity contribution >= 4 is 5.91 Å². The molecule has 0 spiro atoms. The number of hydrogen-bond donors (Lipinski definition) is 1. The lowest BCUT2D eigenvalue weighted by molar-refractivity contribution is 0.0620. The van der Waals surface area contributed by atoms with E-state index in [4.69, 9.17) is 9.47 Å². The molecule has 1 saturated heterocycles. The normalized spacial score (nSPS) is 21.5. The molecular weight excluding hydrogens is 246 g/mol. The number of benzene rings is 1. The highest BCUT2D eigenvalue weighted by atomic mass is 16.7. The first kappa shape index (κ1) is 12.3. The number of aliphatic hydroxyl groups is 1. The molecule has 5 heteroatoms.